The lowest BCUT2D eigenvalue weighted by molar-refractivity contribution is -0.133. The highest BCUT2D eigenvalue weighted by Crippen LogP contribution is 2.24. The fourth-order valence-corrected chi connectivity index (χ4v) is 3.34. The number of nitrogens with zero attached hydrogens (tertiary/aromatic N) is 2. The molecule has 0 bridgehead atoms. The predicted molar refractivity (Wildman–Crippen MR) is 104 cm³/mol. The van der Waals surface area contributed by atoms with E-state index in [1.165, 1.54) is 17.5 Å². The zero-order chi connectivity index (χ0) is 17.6. The predicted octanol–water partition coefficient (Wildman–Crippen LogP) is 2.76. The Kier molecular flexibility index (Phi) is 8.97. The number of rotatable bonds is 5. The fraction of sp³-hybridized carbons (Fsp3) is 0.600. The summed E-state index contributed by atoms with van der Waals surface area (Å²) in [6, 6.07) is 2.05. The number of guanidine groups is 1. The maximum atomic E-state index is 12.2. The minimum atomic E-state index is -4.20. The molecule has 1 amide bonds. The Balaban J connectivity index is 0.00000312. The molecule has 0 saturated carbocycles. The standard InChI is InChI=1S/C15H21F3N4OS.HI/c1-19-14(21-7-5-15(16,17)18)20-6-2-13(23)22-8-3-12-11(10-22)4-9-24-12;/h4,9H,2-3,5-8,10H2,1H3,(H2,19,20,21);1H. The third kappa shape index (κ3) is 7.38. The Hall–Kier alpha value is -1.04. The second-order valence-electron chi connectivity index (χ2n) is 5.48. The first-order valence-corrected chi connectivity index (χ1v) is 8.61. The summed E-state index contributed by atoms with van der Waals surface area (Å²) in [5.41, 5.74) is 1.21. The molecule has 5 nitrogen and oxygen atoms in total. The molecule has 1 aliphatic rings. The molecule has 0 unspecified atom stereocenters. The highest BCUT2D eigenvalue weighted by molar-refractivity contribution is 14.0. The summed E-state index contributed by atoms with van der Waals surface area (Å²) in [6.07, 6.45) is -3.97. The molecule has 0 radical (unpaired) electrons. The van der Waals surface area contributed by atoms with Crippen molar-refractivity contribution in [3.63, 3.8) is 0 Å². The van der Waals surface area contributed by atoms with Crippen molar-refractivity contribution in [1.82, 2.24) is 15.5 Å². The summed E-state index contributed by atoms with van der Waals surface area (Å²) in [5, 5.41) is 7.49. The van der Waals surface area contributed by atoms with Crippen molar-refractivity contribution in [3.05, 3.63) is 21.9 Å². The Bertz CT molecular complexity index is 592. The zero-order valence-electron chi connectivity index (χ0n) is 13.9. The van der Waals surface area contributed by atoms with Crippen molar-refractivity contribution >= 4 is 47.2 Å². The summed E-state index contributed by atoms with van der Waals surface area (Å²) in [6.45, 7) is 1.43. The smallest absolute Gasteiger partial charge is 0.356 e. The van der Waals surface area contributed by atoms with E-state index in [4.69, 9.17) is 0 Å². The Morgan fingerprint density at radius 1 is 1.36 bits per heavy atom. The van der Waals surface area contributed by atoms with E-state index in [0.29, 0.717) is 19.6 Å². The lowest BCUT2D eigenvalue weighted by atomic mass is 10.1. The summed E-state index contributed by atoms with van der Waals surface area (Å²) in [7, 11) is 1.48. The number of hydrogen-bond acceptors (Lipinski definition) is 3. The van der Waals surface area contributed by atoms with Crippen molar-refractivity contribution in [2.45, 2.75) is 32.0 Å². The monoisotopic (exact) mass is 490 g/mol. The Morgan fingerprint density at radius 2 is 2.08 bits per heavy atom. The molecule has 2 heterocycles. The van der Waals surface area contributed by atoms with E-state index in [2.05, 4.69) is 15.6 Å². The molecule has 1 aromatic heterocycles. The molecule has 25 heavy (non-hydrogen) atoms. The molecule has 0 saturated heterocycles. The van der Waals surface area contributed by atoms with E-state index in [1.807, 2.05) is 16.3 Å². The molecular weight excluding hydrogens is 468 g/mol. The van der Waals surface area contributed by atoms with Crippen LogP contribution < -0.4 is 10.6 Å². The summed E-state index contributed by atoms with van der Waals surface area (Å²) in [5.74, 6) is 0.302. The number of alkyl halides is 3. The largest absolute Gasteiger partial charge is 0.390 e. The molecule has 10 heteroatoms. The molecule has 142 valence electrons. The topological polar surface area (TPSA) is 56.7 Å². The number of halogens is 4. The number of thiophene rings is 1. The van der Waals surface area contributed by atoms with Crippen molar-refractivity contribution in [1.29, 1.82) is 0 Å². The normalized spacial score (nSPS) is 14.6. The molecule has 0 aliphatic carbocycles. The molecule has 2 N–H and O–H groups in total. The minimum absolute atomic E-state index is 0. The molecule has 0 spiro atoms. The lowest BCUT2D eigenvalue weighted by Gasteiger charge is -2.27. The summed E-state index contributed by atoms with van der Waals surface area (Å²) >= 11 is 1.72. The number of fused-ring (bicyclic) bond motifs is 1. The van der Waals surface area contributed by atoms with E-state index >= 15 is 0 Å². The van der Waals surface area contributed by atoms with Crippen molar-refractivity contribution < 1.29 is 18.0 Å². The zero-order valence-corrected chi connectivity index (χ0v) is 17.0. The third-order valence-electron chi connectivity index (χ3n) is 3.72. The van der Waals surface area contributed by atoms with Gasteiger partial charge in [0, 0.05) is 44.5 Å². The van der Waals surface area contributed by atoms with Gasteiger partial charge in [-0.15, -0.1) is 35.3 Å². The van der Waals surface area contributed by atoms with E-state index < -0.39 is 12.6 Å². The van der Waals surface area contributed by atoms with Crippen LogP contribution in [0.1, 0.15) is 23.3 Å². The first-order chi connectivity index (χ1) is 11.4. The van der Waals surface area contributed by atoms with Crippen LogP contribution in [0.3, 0.4) is 0 Å². The molecular formula is C15H22F3IN4OS. The maximum absolute atomic E-state index is 12.2. The van der Waals surface area contributed by atoms with E-state index in [-0.39, 0.29) is 48.8 Å². The van der Waals surface area contributed by atoms with Crippen molar-refractivity contribution in [2.24, 2.45) is 4.99 Å². The van der Waals surface area contributed by atoms with Gasteiger partial charge in [-0.05, 0) is 23.4 Å². The van der Waals surface area contributed by atoms with E-state index in [9.17, 15) is 18.0 Å². The van der Waals surface area contributed by atoms with E-state index in [0.717, 1.165) is 6.42 Å². The SMILES string of the molecule is CN=C(NCCC(=O)N1CCc2sccc2C1)NCCC(F)(F)F.I. The van der Waals surface area contributed by atoms with Gasteiger partial charge in [0.2, 0.25) is 5.91 Å². The van der Waals surface area contributed by atoms with Crippen LogP contribution in [0.4, 0.5) is 13.2 Å². The minimum Gasteiger partial charge on any atom is -0.356 e. The number of aliphatic imine (C=N–C) groups is 1. The summed E-state index contributed by atoms with van der Waals surface area (Å²) in [4.78, 5) is 19.2. The van der Waals surface area contributed by atoms with Gasteiger partial charge in [-0.2, -0.15) is 13.2 Å². The van der Waals surface area contributed by atoms with Gasteiger partial charge in [0.15, 0.2) is 5.96 Å². The van der Waals surface area contributed by atoms with E-state index in [1.54, 1.807) is 11.3 Å². The van der Waals surface area contributed by atoms with Crippen LogP contribution in [0.5, 0.6) is 0 Å². The quantitative estimate of drug-likeness (QED) is 0.379. The van der Waals surface area contributed by atoms with Crippen LogP contribution in [0.25, 0.3) is 0 Å². The van der Waals surface area contributed by atoms with Gasteiger partial charge >= 0.3 is 6.18 Å². The van der Waals surface area contributed by atoms with Crippen LogP contribution >= 0.6 is 35.3 Å². The number of amides is 1. The van der Waals surface area contributed by atoms with Crippen LogP contribution in [0, 0.1) is 0 Å². The van der Waals surface area contributed by atoms with Crippen molar-refractivity contribution in [3.8, 4) is 0 Å². The highest BCUT2D eigenvalue weighted by Gasteiger charge is 2.26. The van der Waals surface area contributed by atoms with Crippen LogP contribution in [0.15, 0.2) is 16.4 Å². The lowest BCUT2D eigenvalue weighted by Crippen LogP contribution is -2.41. The molecule has 2 rings (SSSR count). The van der Waals surface area contributed by atoms with Crippen LogP contribution in [0.2, 0.25) is 0 Å². The van der Waals surface area contributed by atoms with Crippen molar-refractivity contribution in [2.75, 3.05) is 26.7 Å². The van der Waals surface area contributed by atoms with Gasteiger partial charge in [0.1, 0.15) is 0 Å². The third-order valence-corrected chi connectivity index (χ3v) is 4.74. The average molecular weight is 490 g/mol. The fourth-order valence-electron chi connectivity index (χ4n) is 2.45. The van der Waals surface area contributed by atoms with Gasteiger partial charge in [-0.25, -0.2) is 0 Å². The van der Waals surface area contributed by atoms with Gasteiger partial charge in [-0.1, -0.05) is 0 Å². The molecule has 0 fully saturated rings. The Labute approximate surface area is 166 Å². The number of nitrogens with one attached hydrogen (secondary N) is 2. The van der Waals surface area contributed by atoms with Gasteiger partial charge < -0.3 is 15.5 Å². The van der Waals surface area contributed by atoms with Gasteiger partial charge in [0.25, 0.3) is 0 Å². The summed E-state index contributed by atoms with van der Waals surface area (Å²) < 4.78 is 36.3. The maximum Gasteiger partial charge on any atom is 0.390 e. The van der Waals surface area contributed by atoms with Crippen LogP contribution in [-0.2, 0) is 17.8 Å². The number of hydrogen-bond donors (Lipinski definition) is 2. The second kappa shape index (κ2) is 10.2. The molecule has 1 aromatic rings. The first-order valence-electron chi connectivity index (χ1n) is 7.73. The number of carbonyl (C=O) groups is 1. The molecule has 0 atom stereocenters. The molecule has 1 aliphatic heterocycles. The first kappa shape index (κ1) is 22.0. The van der Waals surface area contributed by atoms with Gasteiger partial charge in [-0.3, -0.25) is 9.79 Å². The Morgan fingerprint density at radius 3 is 2.76 bits per heavy atom. The second-order valence-corrected chi connectivity index (χ2v) is 6.48. The number of carbonyl (C=O) groups excluding carboxylic acids is 1. The van der Waals surface area contributed by atoms with Gasteiger partial charge in [0.05, 0.1) is 6.42 Å². The van der Waals surface area contributed by atoms with Crippen LogP contribution in [-0.4, -0.2) is 49.6 Å². The molecule has 0 aromatic carbocycles. The highest BCUT2D eigenvalue weighted by atomic mass is 127. The average Bonchev–Trinajstić information content (AvgIpc) is 2.99.